The van der Waals surface area contributed by atoms with Crippen molar-refractivity contribution in [2.45, 2.75) is 4.90 Å². The molecule has 1 aromatic carbocycles. The van der Waals surface area contributed by atoms with Crippen LogP contribution in [0.1, 0.15) is 0 Å². The lowest BCUT2D eigenvalue weighted by Crippen LogP contribution is -1.97. The number of thioether (sulfide) groups is 1. The largest absolute Gasteiger partial charge is 0.481 e. The van der Waals surface area contributed by atoms with E-state index in [1.807, 2.05) is 36.4 Å². The van der Waals surface area contributed by atoms with E-state index in [-0.39, 0.29) is 0 Å². The minimum atomic E-state index is 0.624. The van der Waals surface area contributed by atoms with Gasteiger partial charge in [-0.1, -0.05) is 36.4 Å². The van der Waals surface area contributed by atoms with Crippen molar-refractivity contribution in [1.82, 2.24) is 9.97 Å². The van der Waals surface area contributed by atoms with Gasteiger partial charge in [0.1, 0.15) is 0 Å². The molecular weight excluding hydrogens is 292 g/mol. The molecule has 3 rings (SSSR count). The average Bonchev–Trinajstić information content (AvgIpc) is 2.62. The second kappa shape index (κ2) is 6.62. The molecule has 4 heteroatoms. The second-order valence-corrected chi connectivity index (χ2v) is 5.52. The monoisotopic (exact) mass is 308 g/mol. The second-order valence-electron chi connectivity index (χ2n) is 4.68. The maximum absolute atomic E-state index is 5.55. The molecular formula is C18H16N2OS. The van der Waals surface area contributed by atoms with Crippen LogP contribution in [0.5, 0.6) is 5.88 Å². The van der Waals surface area contributed by atoms with Crippen molar-refractivity contribution >= 4 is 11.8 Å². The van der Waals surface area contributed by atoms with Gasteiger partial charge < -0.3 is 4.74 Å². The summed E-state index contributed by atoms with van der Waals surface area (Å²) in [6.07, 6.45) is 3.83. The minimum Gasteiger partial charge on any atom is -0.481 e. The normalized spacial score (nSPS) is 10.5. The van der Waals surface area contributed by atoms with Gasteiger partial charge in [-0.2, -0.15) is 0 Å². The van der Waals surface area contributed by atoms with Crippen LogP contribution in [0.25, 0.3) is 22.5 Å². The van der Waals surface area contributed by atoms with Crippen LogP contribution < -0.4 is 4.74 Å². The van der Waals surface area contributed by atoms with Gasteiger partial charge in [-0.05, 0) is 30.0 Å². The first-order chi connectivity index (χ1) is 10.8. The van der Waals surface area contributed by atoms with Crippen molar-refractivity contribution in [2.75, 3.05) is 13.4 Å². The number of ether oxygens (including phenoxy) is 1. The molecule has 3 nitrogen and oxygen atoms in total. The Labute approximate surface area is 134 Å². The maximum atomic E-state index is 5.55. The van der Waals surface area contributed by atoms with E-state index in [1.54, 1.807) is 25.1 Å². The molecule has 2 heterocycles. The van der Waals surface area contributed by atoms with Gasteiger partial charge in [0.25, 0.3) is 0 Å². The topological polar surface area (TPSA) is 35.0 Å². The fourth-order valence-electron chi connectivity index (χ4n) is 2.32. The quantitative estimate of drug-likeness (QED) is 0.663. The smallest absolute Gasteiger partial charge is 0.222 e. The summed E-state index contributed by atoms with van der Waals surface area (Å²) in [5.74, 6) is 0.624. The van der Waals surface area contributed by atoms with Crippen LogP contribution in [-0.2, 0) is 0 Å². The molecule has 22 heavy (non-hydrogen) atoms. The lowest BCUT2D eigenvalue weighted by molar-refractivity contribution is 0.399. The highest BCUT2D eigenvalue weighted by atomic mass is 32.2. The Morgan fingerprint density at radius 2 is 1.73 bits per heavy atom. The third kappa shape index (κ3) is 2.83. The van der Waals surface area contributed by atoms with Gasteiger partial charge >= 0.3 is 0 Å². The number of aromatic nitrogens is 2. The lowest BCUT2D eigenvalue weighted by atomic mass is 10.1. The van der Waals surface area contributed by atoms with Gasteiger partial charge in [0.15, 0.2) is 0 Å². The Balaban J connectivity index is 2.20. The third-order valence-electron chi connectivity index (χ3n) is 3.35. The van der Waals surface area contributed by atoms with Gasteiger partial charge in [0.2, 0.25) is 5.88 Å². The molecule has 2 aromatic heterocycles. The van der Waals surface area contributed by atoms with E-state index in [2.05, 4.69) is 34.4 Å². The first-order valence-electron chi connectivity index (χ1n) is 6.93. The molecule has 0 saturated carbocycles. The van der Waals surface area contributed by atoms with Crippen molar-refractivity contribution in [3.63, 3.8) is 0 Å². The van der Waals surface area contributed by atoms with Crippen LogP contribution >= 0.6 is 11.8 Å². The molecule has 0 N–H and O–H groups in total. The molecule has 0 atom stereocenters. The number of pyridine rings is 2. The highest BCUT2D eigenvalue weighted by molar-refractivity contribution is 7.98. The van der Waals surface area contributed by atoms with Crippen LogP contribution in [0.2, 0.25) is 0 Å². The Morgan fingerprint density at radius 3 is 2.36 bits per heavy atom. The first kappa shape index (κ1) is 14.6. The minimum absolute atomic E-state index is 0.624. The van der Waals surface area contributed by atoms with E-state index in [1.165, 1.54) is 0 Å². The Kier molecular flexibility index (Phi) is 4.39. The summed E-state index contributed by atoms with van der Waals surface area (Å²) in [4.78, 5) is 10.1. The predicted octanol–water partition coefficient (Wildman–Crippen LogP) is 4.54. The fourth-order valence-corrected chi connectivity index (χ4v) is 2.96. The van der Waals surface area contributed by atoms with Crippen LogP contribution in [-0.4, -0.2) is 23.3 Å². The molecule has 0 spiro atoms. The molecule has 110 valence electrons. The van der Waals surface area contributed by atoms with Crippen molar-refractivity contribution in [3.8, 4) is 28.4 Å². The number of hydrogen-bond acceptors (Lipinski definition) is 4. The van der Waals surface area contributed by atoms with Crippen molar-refractivity contribution in [2.24, 2.45) is 0 Å². The third-order valence-corrected chi connectivity index (χ3v) is 4.11. The summed E-state index contributed by atoms with van der Waals surface area (Å²) in [7, 11) is 1.65. The first-order valence-corrected chi connectivity index (χ1v) is 8.16. The van der Waals surface area contributed by atoms with E-state index in [4.69, 9.17) is 4.74 Å². The van der Waals surface area contributed by atoms with Crippen LogP contribution in [0.3, 0.4) is 0 Å². The van der Waals surface area contributed by atoms with Gasteiger partial charge in [-0.25, -0.2) is 4.98 Å². The van der Waals surface area contributed by atoms with Crippen molar-refractivity contribution in [1.29, 1.82) is 0 Å². The van der Waals surface area contributed by atoms with E-state index in [9.17, 15) is 0 Å². The summed E-state index contributed by atoms with van der Waals surface area (Å²) in [5, 5.41) is 0. The molecule has 0 bridgehead atoms. The maximum Gasteiger partial charge on any atom is 0.222 e. The SMILES string of the molecule is COc1nc(-c2ccccn2)cc(SC)c1-c1ccccc1. The number of rotatable bonds is 4. The fraction of sp³-hybridized carbons (Fsp3) is 0.111. The predicted molar refractivity (Wildman–Crippen MR) is 91.2 cm³/mol. The number of methoxy groups -OCH3 is 1. The summed E-state index contributed by atoms with van der Waals surface area (Å²) in [5.41, 5.74) is 3.79. The molecule has 0 aliphatic carbocycles. The van der Waals surface area contributed by atoms with Crippen molar-refractivity contribution in [3.05, 3.63) is 60.8 Å². The molecule has 3 aromatic rings. The summed E-state index contributed by atoms with van der Waals surface area (Å²) in [6.45, 7) is 0. The zero-order valence-electron chi connectivity index (χ0n) is 12.5. The zero-order chi connectivity index (χ0) is 15.4. The Bertz CT molecular complexity index is 736. The van der Waals surface area contributed by atoms with E-state index < -0.39 is 0 Å². The van der Waals surface area contributed by atoms with Gasteiger partial charge in [-0.3, -0.25) is 4.98 Å². The van der Waals surface area contributed by atoms with Gasteiger partial charge in [-0.15, -0.1) is 11.8 Å². The molecule has 0 fully saturated rings. The van der Waals surface area contributed by atoms with Crippen LogP contribution in [0.4, 0.5) is 0 Å². The Hall–Kier alpha value is -2.33. The Morgan fingerprint density at radius 1 is 0.955 bits per heavy atom. The van der Waals surface area contributed by atoms with Crippen molar-refractivity contribution < 1.29 is 4.74 Å². The van der Waals surface area contributed by atoms with E-state index >= 15 is 0 Å². The summed E-state index contributed by atoms with van der Waals surface area (Å²) >= 11 is 1.68. The summed E-state index contributed by atoms with van der Waals surface area (Å²) in [6, 6.07) is 18.1. The van der Waals surface area contributed by atoms with E-state index in [0.29, 0.717) is 5.88 Å². The highest BCUT2D eigenvalue weighted by Crippen LogP contribution is 2.38. The molecule has 0 radical (unpaired) electrons. The number of hydrogen-bond donors (Lipinski definition) is 0. The number of nitrogens with zero attached hydrogens (tertiary/aromatic N) is 2. The highest BCUT2D eigenvalue weighted by Gasteiger charge is 2.16. The molecule has 0 amide bonds. The molecule has 0 saturated heterocycles. The standard InChI is InChI=1S/C18H16N2OS/c1-21-18-17(13-8-4-3-5-9-13)16(22-2)12-15(20-18)14-10-6-7-11-19-14/h3-12H,1-2H3. The van der Waals surface area contributed by atoms with Gasteiger partial charge in [0, 0.05) is 11.1 Å². The summed E-state index contributed by atoms with van der Waals surface area (Å²) < 4.78 is 5.55. The van der Waals surface area contributed by atoms with Crippen LogP contribution in [0, 0.1) is 0 Å². The average molecular weight is 308 g/mol. The lowest BCUT2D eigenvalue weighted by Gasteiger charge is -2.14. The van der Waals surface area contributed by atoms with Gasteiger partial charge in [0.05, 0.1) is 24.1 Å². The molecule has 0 unspecified atom stereocenters. The zero-order valence-corrected chi connectivity index (χ0v) is 13.3. The molecule has 0 aliphatic rings. The van der Waals surface area contributed by atoms with E-state index in [0.717, 1.165) is 27.4 Å². The van der Waals surface area contributed by atoms with Crippen LogP contribution in [0.15, 0.2) is 65.7 Å². The number of benzene rings is 1. The molecule has 0 aliphatic heterocycles.